The molecule has 1 aromatic carbocycles. The van der Waals surface area contributed by atoms with Crippen LogP contribution >= 0.6 is 0 Å². The van der Waals surface area contributed by atoms with Crippen LogP contribution in [0.1, 0.15) is 36.2 Å². The van der Waals surface area contributed by atoms with Crippen molar-refractivity contribution in [3.63, 3.8) is 0 Å². The Morgan fingerprint density at radius 3 is 2.96 bits per heavy atom. The van der Waals surface area contributed by atoms with Crippen molar-refractivity contribution in [1.29, 1.82) is 0 Å². The molecule has 1 aliphatic rings. The fraction of sp³-hybridized carbons (Fsp3) is 0.500. The number of rotatable bonds is 3. The van der Waals surface area contributed by atoms with Crippen molar-refractivity contribution < 1.29 is 18.0 Å². The van der Waals surface area contributed by atoms with Crippen LogP contribution in [-0.2, 0) is 7.05 Å². The van der Waals surface area contributed by atoms with Gasteiger partial charge in [-0.05, 0) is 31.0 Å². The molecule has 7 heteroatoms. The molecule has 4 nitrogen and oxygen atoms in total. The van der Waals surface area contributed by atoms with Gasteiger partial charge in [0.05, 0.1) is 5.52 Å². The topological polar surface area (TPSA) is 46.9 Å². The lowest BCUT2D eigenvalue weighted by Gasteiger charge is -2.31. The first kappa shape index (κ1) is 15.8. The average Bonchev–Trinajstić information content (AvgIpc) is 2.82. The van der Waals surface area contributed by atoms with Gasteiger partial charge >= 0.3 is 0 Å². The average molecular weight is 325 g/mol. The number of aryl methyl sites for hydroxylation is 1. The Morgan fingerprint density at radius 1 is 1.43 bits per heavy atom. The van der Waals surface area contributed by atoms with Gasteiger partial charge in [-0.15, -0.1) is 0 Å². The van der Waals surface area contributed by atoms with E-state index in [0.717, 1.165) is 6.42 Å². The minimum absolute atomic E-state index is 0.0566. The minimum atomic E-state index is -2.75. The lowest BCUT2D eigenvalue weighted by molar-refractivity contribution is -0.0835. The number of carbonyl (C=O) groups is 1. The minimum Gasteiger partial charge on any atom is -0.350 e. The Bertz CT molecular complexity index is 741. The molecule has 0 radical (unpaired) electrons. The van der Waals surface area contributed by atoms with E-state index < -0.39 is 23.6 Å². The summed E-state index contributed by atoms with van der Waals surface area (Å²) in [5, 5.41) is 6.99. The first-order valence-corrected chi connectivity index (χ1v) is 7.67. The van der Waals surface area contributed by atoms with E-state index in [0.29, 0.717) is 23.7 Å². The molecule has 23 heavy (non-hydrogen) atoms. The molecule has 1 saturated carbocycles. The van der Waals surface area contributed by atoms with Gasteiger partial charge in [0.2, 0.25) is 0 Å². The summed E-state index contributed by atoms with van der Waals surface area (Å²) in [6.07, 6.45) is 1.52. The number of aromatic nitrogens is 2. The third kappa shape index (κ3) is 3.04. The van der Waals surface area contributed by atoms with Gasteiger partial charge in [0.1, 0.15) is 5.82 Å². The molecule has 3 rings (SSSR count). The van der Waals surface area contributed by atoms with Gasteiger partial charge in [0, 0.05) is 31.3 Å². The molecule has 0 spiro atoms. The van der Waals surface area contributed by atoms with E-state index in [1.54, 1.807) is 7.05 Å². The maximum absolute atomic E-state index is 13.8. The molecule has 0 aliphatic heterocycles. The summed E-state index contributed by atoms with van der Waals surface area (Å²) in [5.41, 5.74) is 0.667. The lowest BCUT2D eigenvalue weighted by Crippen LogP contribution is -2.40. The predicted molar refractivity (Wildman–Crippen MR) is 79.9 cm³/mol. The first-order chi connectivity index (χ1) is 10.9. The molecule has 1 fully saturated rings. The maximum atomic E-state index is 13.8. The highest BCUT2D eigenvalue weighted by Gasteiger charge is 2.41. The Hall–Kier alpha value is -2.05. The van der Waals surface area contributed by atoms with E-state index in [-0.39, 0.29) is 18.7 Å². The second kappa shape index (κ2) is 5.86. The summed E-state index contributed by atoms with van der Waals surface area (Å²) in [6, 6.07) is 4.05. The molecule has 1 aromatic heterocycles. The van der Waals surface area contributed by atoms with E-state index in [9.17, 15) is 18.0 Å². The fourth-order valence-corrected chi connectivity index (χ4v) is 3.12. The van der Waals surface area contributed by atoms with Crippen molar-refractivity contribution in [2.75, 3.05) is 6.54 Å². The van der Waals surface area contributed by atoms with Crippen molar-refractivity contribution in [2.24, 2.45) is 13.0 Å². The predicted octanol–water partition coefficient (Wildman–Crippen LogP) is 3.27. The zero-order valence-electron chi connectivity index (χ0n) is 12.8. The van der Waals surface area contributed by atoms with Crippen molar-refractivity contribution in [3.05, 3.63) is 29.7 Å². The van der Waals surface area contributed by atoms with Gasteiger partial charge in [-0.3, -0.25) is 9.48 Å². The zero-order valence-corrected chi connectivity index (χ0v) is 12.8. The Labute approximate surface area is 131 Å². The van der Waals surface area contributed by atoms with Crippen LogP contribution < -0.4 is 5.32 Å². The molecule has 1 atom stereocenters. The summed E-state index contributed by atoms with van der Waals surface area (Å²) < 4.78 is 42.5. The molecule has 124 valence electrons. The molecule has 2 aromatic rings. The summed E-state index contributed by atoms with van der Waals surface area (Å²) in [5.74, 6) is -4.63. The summed E-state index contributed by atoms with van der Waals surface area (Å²) >= 11 is 0. The van der Waals surface area contributed by atoms with Crippen LogP contribution in [0.2, 0.25) is 0 Å². The molecule has 1 N–H and O–H groups in total. The Kier molecular flexibility index (Phi) is 4.04. The van der Waals surface area contributed by atoms with Crippen LogP contribution in [0, 0.1) is 11.7 Å². The first-order valence-electron chi connectivity index (χ1n) is 7.67. The van der Waals surface area contributed by atoms with E-state index in [1.807, 2.05) is 0 Å². The van der Waals surface area contributed by atoms with Crippen molar-refractivity contribution in [2.45, 2.75) is 31.6 Å². The van der Waals surface area contributed by atoms with Gasteiger partial charge in [0.25, 0.3) is 11.8 Å². The van der Waals surface area contributed by atoms with Gasteiger partial charge in [-0.25, -0.2) is 13.2 Å². The van der Waals surface area contributed by atoms with Crippen LogP contribution in [0.15, 0.2) is 18.2 Å². The van der Waals surface area contributed by atoms with Gasteiger partial charge in [0.15, 0.2) is 5.69 Å². The Morgan fingerprint density at radius 2 is 2.22 bits per heavy atom. The second-order valence-electron chi connectivity index (χ2n) is 6.05. The SMILES string of the molecule is Cn1nc(C(=O)NCC2CCCCC2(F)F)c2cc(F)ccc21. The van der Waals surface area contributed by atoms with Crippen molar-refractivity contribution in [1.82, 2.24) is 15.1 Å². The van der Waals surface area contributed by atoms with E-state index >= 15 is 0 Å². The molecule has 0 saturated heterocycles. The smallest absolute Gasteiger partial charge is 0.272 e. The lowest BCUT2D eigenvalue weighted by atomic mass is 9.85. The Balaban J connectivity index is 1.77. The zero-order chi connectivity index (χ0) is 16.6. The molecule has 1 aliphatic carbocycles. The summed E-state index contributed by atoms with van der Waals surface area (Å²) in [4.78, 5) is 12.3. The summed E-state index contributed by atoms with van der Waals surface area (Å²) in [7, 11) is 1.65. The normalized spacial score (nSPS) is 20.6. The number of fused-ring (bicyclic) bond motifs is 1. The van der Waals surface area contributed by atoms with Gasteiger partial charge in [-0.2, -0.15) is 5.10 Å². The largest absolute Gasteiger partial charge is 0.350 e. The molecular formula is C16H18F3N3O. The molecule has 0 bridgehead atoms. The van der Waals surface area contributed by atoms with Crippen molar-refractivity contribution in [3.8, 4) is 0 Å². The molecule has 1 amide bonds. The third-order valence-corrected chi connectivity index (χ3v) is 4.45. The van der Waals surface area contributed by atoms with E-state index in [2.05, 4.69) is 10.4 Å². The molecule has 1 heterocycles. The quantitative estimate of drug-likeness (QED) is 0.941. The van der Waals surface area contributed by atoms with Crippen molar-refractivity contribution >= 4 is 16.8 Å². The summed E-state index contributed by atoms with van der Waals surface area (Å²) in [6.45, 7) is -0.0980. The van der Waals surface area contributed by atoms with Gasteiger partial charge < -0.3 is 5.32 Å². The third-order valence-electron chi connectivity index (χ3n) is 4.45. The van der Waals surface area contributed by atoms with E-state index in [4.69, 9.17) is 0 Å². The number of hydrogen-bond acceptors (Lipinski definition) is 2. The molecule has 1 unspecified atom stereocenters. The number of amides is 1. The van der Waals surface area contributed by atoms with Crippen LogP contribution in [0.4, 0.5) is 13.2 Å². The van der Waals surface area contributed by atoms with Gasteiger partial charge in [-0.1, -0.05) is 6.42 Å². The van der Waals surface area contributed by atoms with E-state index in [1.165, 1.54) is 22.9 Å². The number of nitrogens with one attached hydrogen (secondary N) is 1. The highest BCUT2D eigenvalue weighted by molar-refractivity contribution is 6.04. The van der Waals surface area contributed by atoms with Crippen LogP contribution in [0.25, 0.3) is 10.9 Å². The number of benzene rings is 1. The number of halogens is 3. The van der Waals surface area contributed by atoms with Crippen LogP contribution in [0.3, 0.4) is 0 Å². The monoisotopic (exact) mass is 325 g/mol. The number of nitrogens with zero attached hydrogens (tertiary/aromatic N) is 2. The number of alkyl halides is 2. The van der Waals surface area contributed by atoms with Crippen LogP contribution in [-0.4, -0.2) is 28.2 Å². The number of carbonyl (C=O) groups excluding carboxylic acids is 1. The highest BCUT2D eigenvalue weighted by atomic mass is 19.3. The standard InChI is InChI=1S/C16H18F3N3O/c1-22-13-6-5-11(17)8-12(13)14(21-22)15(23)20-9-10-4-2-3-7-16(10,18)19/h5-6,8,10H,2-4,7,9H2,1H3,(H,20,23). The second-order valence-corrected chi connectivity index (χ2v) is 6.05. The number of hydrogen-bond donors (Lipinski definition) is 1. The van der Waals surface area contributed by atoms with Crippen LogP contribution in [0.5, 0.6) is 0 Å². The highest BCUT2D eigenvalue weighted by Crippen LogP contribution is 2.37. The molecular weight excluding hydrogens is 307 g/mol. The fourth-order valence-electron chi connectivity index (χ4n) is 3.12. The maximum Gasteiger partial charge on any atom is 0.272 e.